The predicted molar refractivity (Wildman–Crippen MR) is 89.1 cm³/mol. The summed E-state index contributed by atoms with van der Waals surface area (Å²) in [6.45, 7) is 1.51. The number of aromatic nitrogens is 1. The van der Waals surface area contributed by atoms with Crippen molar-refractivity contribution in [2.45, 2.75) is 13.0 Å². The first-order chi connectivity index (χ1) is 10.8. The van der Waals surface area contributed by atoms with Crippen molar-refractivity contribution in [2.75, 3.05) is 20.7 Å². The van der Waals surface area contributed by atoms with E-state index in [1.807, 2.05) is 18.2 Å². The number of nitrogens with zero attached hydrogens (tertiary/aromatic N) is 2. The van der Waals surface area contributed by atoms with Crippen LogP contribution in [-0.2, 0) is 13.0 Å². The molecule has 0 fully saturated rings. The molecule has 0 aliphatic heterocycles. The Balaban J connectivity index is 1.77. The average Bonchev–Trinajstić information content (AvgIpc) is 2.59. The predicted octanol–water partition coefficient (Wildman–Crippen LogP) is 2.00. The third kappa shape index (κ3) is 5.09. The van der Waals surface area contributed by atoms with E-state index in [0.717, 1.165) is 24.5 Å². The van der Waals surface area contributed by atoms with Crippen molar-refractivity contribution < 1.29 is 4.74 Å². The minimum atomic E-state index is 0.617. The van der Waals surface area contributed by atoms with E-state index in [4.69, 9.17) is 4.74 Å². The standard InChI is InChI=1S/C17H22N4O/c1-18-17(20-11-8-14-6-4-3-5-7-14)21-13-15-9-10-19-16(12-15)22-2/h3-7,9-10,12H,8,11,13H2,1-2H3,(H2,18,20,21). The summed E-state index contributed by atoms with van der Waals surface area (Å²) in [5.74, 6) is 1.40. The molecule has 0 aliphatic carbocycles. The Hall–Kier alpha value is -2.56. The van der Waals surface area contributed by atoms with Gasteiger partial charge in [0.05, 0.1) is 7.11 Å². The molecule has 2 N–H and O–H groups in total. The number of pyridine rings is 1. The second kappa shape index (κ2) is 8.67. The first-order valence-electron chi connectivity index (χ1n) is 7.29. The minimum Gasteiger partial charge on any atom is -0.481 e. The highest BCUT2D eigenvalue weighted by molar-refractivity contribution is 5.79. The number of hydrogen-bond donors (Lipinski definition) is 2. The van der Waals surface area contributed by atoms with E-state index in [1.165, 1.54) is 5.56 Å². The molecule has 0 saturated carbocycles. The Kier molecular flexibility index (Phi) is 6.23. The van der Waals surface area contributed by atoms with Crippen molar-refractivity contribution in [1.82, 2.24) is 15.6 Å². The maximum Gasteiger partial charge on any atom is 0.213 e. The molecule has 22 heavy (non-hydrogen) atoms. The molecule has 0 saturated heterocycles. The quantitative estimate of drug-likeness (QED) is 0.632. The van der Waals surface area contributed by atoms with Gasteiger partial charge >= 0.3 is 0 Å². The molecule has 0 bridgehead atoms. The first kappa shape index (κ1) is 15.8. The van der Waals surface area contributed by atoms with Gasteiger partial charge in [-0.15, -0.1) is 0 Å². The van der Waals surface area contributed by atoms with Crippen molar-refractivity contribution in [3.8, 4) is 5.88 Å². The monoisotopic (exact) mass is 298 g/mol. The Bertz CT molecular complexity index is 599. The maximum atomic E-state index is 5.12. The SMILES string of the molecule is CN=C(NCCc1ccccc1)NCc1ccnc(OC)c1. The van der Waals surface area contributed by atoms with Crippen LogP contribution in [-0.4, -0.2) is 31.6 Å². The van der Waals surface area contributed by atoms with Gasteiger partial charge < -0.3 is 15.4 Å². The molecular weight excluding hydrogens is 276 g/mol. The molecule has 0 spiro atoms. The summed E-state index contributed by atoms with van der Waals surface area (Å²) in [6.07, 6.45) is 2.70. The lowest BCUT2D eigenvalue weighted by Crippen LogP contribution is -2.37. The topological polar surface area (TPSA) is 58.5 Å². The lowest BCUT2D eigenvalue weighted by molar-refractivity contribution is 0.397. The number of rotatable bonds is 6. The van der Waals surface area contributed by atoms with Gasteiger partial charge in [-0.05, 0) is 23.6 Å². The minimum absolute atomic E-state index is 0.617. The third-order valence-electron chi connectivity index (χ3n) is 3.24. The molecule has 1 aromatic carbocycles. The molecular formula is C17H22N4O. The second-order valence-electron chi connectivity index (χ2n) is 4.79. The largest absolute Gasteiger partial charge is 0.481 e. The fraction of sp³-hybridized carbons (Fsp3) is 0.294. The van der Waals surface area contributed by atoms with E-state index in [1.54, 1.807) is 20.4 Å². The van der Waals surface area contributed by atoms with Crippen LogP contribution in [0, 0.1) is 0 Å². The fourth-order valence-corrected chi connectivity index (χ4v) is 2.05. The van der Waals surface area contributed by atoms with Gasteiger partial charge in [-0.2, -0.15) is 0 Å². The van der Waals surface area contributed by atoms with E-state index in [9.17, 15) is 0 Å². The van der Waals surface area contributed by atoms with E-state index in [2.05, 4.69) is 44.9 Å². The molecule has 5 heteroatoms. The summed E-state index contributed by atoms with van der Waals surface area (Å²) in [6, 6.07) is 14.2. The van der Waals surface area contributed by atoms with Crippen LogP contribution < -0.4 is 15.4 Å². The van der Waals surface area contributed by atoms with Gasteiger partial charge in [0.15, 0.2) is 5.96 Å². The molecule has 0 aliphatic rings. The van der Waals surface area contributed by atoms with Gasteiger partial charge in [0, 0.05) is 32.4 Å². The van der Waals surface area contributed by atoms with E-state index in [0.29, 0.717) is 12.4 Å². The van der Waals surface area contributed by atoms with Crippen LogP contribution in [0.3, 0.4) is 0 Å². The summed E-state index contributed by atoms with van der Waals surface area (Å²) in [7, 11) is 3.38. The van der Waals surface area contributed by atoms with Crippen LogP contribution in [0.1, 0.15) is 11.1 Å². The molecule has 116 valence electrons. The Labute approximate surface area is 131 Å². The molecule has 0 radical (unpaired) electrons. The van der Waals surface area contributed by atoms with Gasteiger partial charge in [0.2, 0.25) is 5.88 Å². The maximum absolute atomic E-state index is 5.12. The number of methoxy groups -OCH3 is 1. The lowest BCUT2D eigenvalue weighted by atomic mass is 10.1. The zero-order valence-corrected chi connectivity index (χ0v) is 13.0. The smallest absolute Gasteiger partial charge is 0.213 e. The highest BCUT2D eigenvalue weighted by Gasteiger charge is 2.00. The molecule has 0 unspecified atom stereocenters. The normalized spacial score (nSPS) is 11.1. The first-order valence-corrected chi connectivity index (χ1v) is 7.29. The number of aliphatic imine (C=N–C) groups is 1. The van der Waals surface area contributed by atoms with Crippen molar-refractivity contribution in [3.05, 3.63) is 59.8 Å². The van der Waals surface area contributed by atoms with E-state index in [-0.39, 0.29) is 0 Å². The van der Waals surface area contributed by atoms with Crippen LogP contribution in [0.5, 0.6) is 5.88 Å². The number of hydrogen-bond acceptors (Lipinski definition) is 3. The van der Waals surface area contributed by atoms with Gasteiger partial charge in [-0.25, -0.2) is 4.98 Å². The van der Waals surface area contributed by atoms with E-state index < -0.39 is 0 Å². The molecule has 1 heterocycles. The Morgan fingerprint density at radius 3 is 2.68 bits per heavy atom. The van der Waals surface area contributed by atoms with Gasteiger partial charge in [-0.3, -0.25) is 4.99 Å². The fourth-order valence-electron chi connectivity index (χ4n) is 2.05. The van der Waals surface area contributed by atoms with Crippen LogP contribution in [0.2, 0.25) is 0 Å². The zero-order valence-electron chi connectivity index (χ0n) is 13.0. The Morgan fingerprint density at radius 2 is 1.95 bits per heavy atom. The highest BCUT2D eigenvalue weighted by Crippen LogP contribution is 2.07. The molecule has 2 rings (SSSR count). The summed E-state index contributed by atoms with van der Waals surface area (Å²) in [5.41, 5.74) is 2.40. The van der Waals surface area contributed by atoms with Gasteiger partial charge in [0.1, 0.15) is 0 Å². The zero-order chi connectivity index (χ0) is 15.6. The lowest BCUT2D eigenvalue weighted by Gasteiger charge is -2.12. The average molecular weight is 298 g/mol. The van der Waals surface area contributed by atoms with Gasteiger partial charge in [0.25, 0.3) is 0 Å². The van der Waals surface area contributed by atoms with Crippen LogP contribution in [0.15, 0.2) is 53.7 Å². The number of guanidine groups is 1. The van der Waals surface area contributed by atoms with Crippen LogP contribution in [0.4, 0.5) is 0 Å². The third-order valence-corrected chi connectivity index (χ3v) is 3.24. The number of ether oxygens (including phenoxy) is 1. The van der Waals surface area contributed by atoms with Crippen molar-refractivity contribution >= 4 is 5.96 Å². The van der Waals surface area contributed by atoms with Crippen molar-refractivity contribution in [3.63, 3.8) is 0 Å². The van der Waals surface area contributed by atoms with Crippen LogP contribution >= 0.6 is 0 Å². The summed E-state index contributed by atoms with van der Waals surface area (Å²) in [5, 5.41) is 6.59. The molecule has 1 aromatic heterocycles. The second-order valence-corrected chi connectivity index (χ2v) is 4.79. The highest BCUT2D eigenvalue weighted by atomic mass is 16.5. The molecule has 2 aromatic rings. The number of nitrogens with one attached hydrogen (secondary N) is 2. The van der Waals surface area contributed by atoms with Gasteiger partial charge in [-0.1, -0.05) is 30.3 Å². The molecule has 0 amide bonds. The van der Waals surface area contributed by atoms with Crippen molar-refractivity contribution in [1.29, 1.82) is 0 Å². The summed E-state index contributed by atoms with van der Waals surface area (Å²) < 4.78 is 5.12. The van der Waals surface area contributed by atoms with Crippen molar-refractivity contribution in [2.24, 2.45) is 4.99 Å². The molecule has 0 atom stereocenters. The van der Waals surface area contributed by atoms with E-state index >= 15 is 0 Å². The summed E-state index contributed by atoms with van der Waals surface area (Å²) >= 11 is 0. The molecule has 5 nitrogen and oxygen atoms in total. The Morgan fingerprint density at radius 1 is 1.14 bits per heavy atom. The van der Waals surface area contributed by atoms with Crippen LogP contribution in [0.25, 0.3) is 0 Å². The summed E-state index contributed by atoms with van der Waals surface area (Å²) in [4.78, 5) is 8.32. The number of benzene rings is 1.